The zero-order chi connectivity index (χ0) is 14.9. The summed E-state index contributed by atoms with van der Waals surface area (Å²) in [5.41, 5.74) is 0. The number of sulfonamides is 1. The number of carbonyl (C=O) groups is 1. The molecule has 1 aliphatic rings. The number of nitrogens with one attached hydrogen (secondary N) is 1. The highest BCUT2D eigenvalue weighted by Crippen LogP contribution is 2.34. The number of aryl methyl sites for hydroxylation is 1. The van der Waals surface area contributed by atoms with Crippen LogP contribution in [0.2, 0.25) is 0 Å². The molecular weight excluding hydrogens is 280 g/mol. The minimum absolute atomic E-state index is 0.0132. The lowest BCUT2D eigenvalue weighted by atomic mass is 10.1. The third kappa shape index (κ3) is 3.61. The van der Waals surface area contributed by atoms with Gasteiger partial charge >= 0.3 is 0 Å². The Bertz CT molecular complexity index is 602. The van der Waals surface area contributed by atoms with Crippen LogP contribution in [-0.4, -0.2) is 20.4 Å². The molecule has 6 nitrogen and oxygen atoms in total. The van der Waals surface area contributed by atoms with E-state index in [-0.39, 0.29) is 22.5 Å². The highest BCUT2D eigenvalue weighted by Gasteiger charge is 2.27. The van der Waals surface area contributed by atoms with Gasteiger partial charge in [0.05, 0.1) is 0 Å². The summed E-state index contributed by atoms with van der Waals surface area (Å²) in [7, 11) is -3.86. The molecule has 112 valence electrons. The molecule has 0 radical (unpaired) electrons. The summed E-state index contributed by atoms with van der Waals surface area (Å²) in [6, 6.07) is 1.28. The first-order chi connectivity index (χ1) is 9.31. The number of hydrogen-bond donors (Lipinski definition) is 2. The molecule has 0 saturated heterocycles. The largest absolute Gasteiger partial charge is 0.455 e. The molecule has 1 aromatic heterocycles. The van der Waals surface area contributed by atoms with Gasteiger partial charge in [0.2, 0.25) is 10.0 Å². The Morgan fingerprint density at radius 3 is 2.65 bits per heavy atom. The van der Waals surface area contributed by atoms with E-state index in [4.69, 9.17) is 9.56 Å². The number of furan rings is 1. The van der Waals surface area contributed by atoms with E-state index in [1.807, 2.05) is 6.92 Å². The maximum absolute atomic E-state index is 12.1. The van der Waals surface area contributed by atoms with Crippen molar-refractivity contribution in [1.82, 2.24) is 5.32 Å². The van der Waals surface area contributed by atoms with Gasteiger partial charge in [-0.15, -0.1) is 0 Å². The van der Waals surface area contributed by atoms with Crippen molar-refractivity contribution < 1.29 is 17.6 Å². The van der Waals surface area contributed by atoms with E-state index in [9.17, 15) is 13.2 Å². The number of nitrogens with two attached hydrogens (primary N) is 1. The van der Waals surface area contributed by atoms with Crippen molar-refractivity contribution in [2.75, 3.05) is 0 Å². The Balaban J connectivity index is 2.08. The Labute approximate surface area is 118 Å². The van der Waals surface area contributed by atoms with Gasteiger partial charge in [0, 0.05) is 12.1 Å². The van der Waals surface area contributed by atoms with Crippen molar-refractivity contribution in [3.63, 3.8) is 0 Å². The van der Waals surface area contributed by atoms with E-state index >= 15 is 0 Å². The normalized spacial score (nSPS) is 16.9. The molecule has 7 heteroatoms. The lowest BCUT2D eigenvalue weighted by Crippen LogP contribution is -2.34. The van der Waals surface area contributed by atoms with Crippen LogP contribution in [0.4, 0.5) is 0 Å². The molecule has 2 rings (SSSR count). The van der Waals surface area contributed by atoms with Gasteiger partial charge in [-0.3, -0.25) is 4.79 Å². The maximum atomic E-state index is 12.1. The van der Waals surface area contributed by atoms with Gasteiger partial charge in [-0.2, -0.15) is 0 Å². The number of carbonyl (C=O) groups excluding carboxylic acids is 1. The first kappa shape index (κ1) is 15.1. The minimum Gasteiger partial charge on any atom is -0.455 e. The molecule has 0 spiro atoms. The van der Waals surface area contributed by atoms with Crippen LogP contribution in [0, 0.1) is 12.8 Å². The minimum atomic E-state index is -3.86. The standard InChI is InChI=1S/C13H20N2O4S/c1-3-10(6-9-4-5-9)15-13(16)11-7-12(8(2)19-11)20(14,17)18/h7,9-10H,3-6H2,1-2H3,(H,15,16)(H2,14,17,18). The second kappa shape index (κ2) is 5.57. The van der Waals surface area contributed by atoms with E-state index in [0.717, 1.165) is 12.8 Å². The Kier molecular flexibility index (Phi) is 4.19. The second-order valence-electron chi connectivity index (χ2n) is 5.33. The van der Waals surface area contributed by atoms with E-state index in [2.05, 4.69) is 5.32 Å². The van der Waals surface area contributed by atoms with Gasteiger partial charge in [-0.05, 0) is 25.7 Å². The molecule has 0 aliphatic heterocycles. The van der Waals surface area contributed by atoms with Crippen molar-refractivity contribution in [2.24, 2.45) is 11.1 Å². The molecule has 1 atom stereocenters. The van der Waals surface area contributed by atoms with Crippen LogP contribution in [0.25, 0.3) is 0 Å². The van der Waals surface area contributed by atoms with Crippen molar-refractivity contribution in [3.05, 3.63) is 17.6 Å². The summed E-state index contributed by atoms with van der Waals surface area (Å²) in [5, 5.41) is 7.93. The van der Waals surface area contributed by atoms with Crippen LogP contribution >= 0.6 is 0 Å². The highest BCUT2D eigenvalue weighted by molar-refractivity contribution is 7.89. The molecule has 0 aromatic carbocycles. The highest BCUT2D eigenvalue weighted by atomic mass is 32.2. The summed E-state index contributed by atoms with van der Waals surface area (Å²) in [4.78, 5) is 11.9. The summed E-state index contributed by atoms with van der Waals surface area (Å²) in [6.45, 7) is 3.48. The van der Waals surface area contributed by atoms with E-state index in [0.29, 0.717) is 5.92 Å². The van der Waals surface area contributed by atoms with Crippen LogP contribution in [0.3, 0.4) is 0 Å². The van der Waals surface area contributed by atoms with E-state index < -0.39 is 15.9 Å². The molecule has 1 heterocycles. The van der Waals surface area contributed by atoms with Crippen LogP contribution < -0.4 is 10.5 Å². The molecule has 3 N–H and O–H groups in total. The Hall–Kier alpha value is -1.34. The predicted molar refractivity (Wildman–Crippen MR) is 73.7 cm³/mol. The molecule has 20 heavy (non-hydrogen) atoms. The third-order valence-electron chi connectivity index (χ3n) is 3.55. The fourth-order valence-corrected chi connectivity index (χ4v) is 2.91. The topological polar surface area (TPSA) is 102 Å². The SMILES string of the molecule is CCC(CC1CC1)NC(=O)c1cc(S(N)(=O)=O)c(C)o1. The van der Waals surface area contributed by atoms with Crippen LogP contribution in [0.15, 0.2) is 15.4 Å². The Morgan fingerprint density at radius 1 is 1.55 bits per heavy atom. The molecule has 1 fully saturated rings. The molecule has 1 saturated carbocycles. The van der Waals surface area contributed by atoms with Crippen LogP contribution in [-0.2, 0) is 10.0 Å². The molecular formula is C13H20N2O4S. The van der Waals surface area contributed by atoms with Crippen LogP contribution in [0.1, 0.15) is 48.9 Å². The monoisotopic (exact) mass is 300 g/mol. The van der Waals surface area contributed by atoms with Gasteiger partial charge in [-0.1, -0.05) is 19.8 Å². The molecule has 1 unspecified atom stereocenters. The second-order valence-corrected chi connectivity index (χ2v) is 6.86. The molecule has 1 amide bonds. The number of rotatable bonds is 6. The predicted octanol–water partition coefficient (Wildman–Crippen LogP) is 1.54. The van der Waals surface area contributed by atoms with E-state index in [1.165, 1.54) is 25.8 Å². The van der Waals surface area contributed by atoms with Crippen molar-refractivity contribution in [1.29, 1.82) is 0 Å². The van der Waals surface area contributed by atoms with Gasteiger partial charge in [0.1, 0.15) is 10.7 Å². The van der Waals surface area contributed by atoms with Crippen molar-refractivity contribution >= 4 is 15.9 Å². The van der Waals surface area contributed by atoms with Gasteiger partial charge < -0.3 is 9.73 Å². The average Bonchev–Trinajstić information content (AvgIpc) is 3.06. The Morgan fingerprint density at radius 2 is 2.20 bits per heavy atom. The summed E-state index contributed by atoms with van der Waals surface area (Å²) < 4.78 is 27.8. The lowest BCUT2D eigenvalue weighted by molar-refractivity contribution is 0.0903. The molecule has 1 aromatic rings. The lowest BCUT2D eigenvalue weighted by Gasteiger charge is -2.15. The summed E-state index contributed by atoms with van der Waals surface area (Å²) >= 11 is 0. The first-order valence-corrected chi connectivity index (χ1v) is 8.30. The first-order valence-electron chi connectivity index (χ1n) is 6.75. The maximum Gasteiger partial charge on any atom is 0.287 e. The van der Waals surface area contributed by atoms with Gasteiger partial charge in [0.25, 0.3) is 5.91 Å². The fourth-order valence-electron chi connectivity index (χ4n) is 2.20. The number of amides is 1. The fraction of sp³-hybridized carbons (Fsp3) is 0.615. The van der Waals surface area contributed by atoms with Crippen LogP contribution in [0.5, 0.6) is 0 Å². The summed E-state index contributed by atoms with van der Waals surface area (Å²) in [5.74, 6) is 0.433. The van der Waals surface area contributed by atoms with Gasteiger partial charge in [0.15, 0.2) is 5.76 Å². The number of primary sulfonamides is 1. The summed E-state index contributed by atoms with van der Waals surface area (Å²) in [6.07, 6.45) is 4.25. The van der Waals surface area contributed by atoms with Crippen molar-refractivity contribution in [3.8, 4) is 0 Å². The number of hydrogen-bond acceptors (Lipinski definition) is 4. The quantitative estimate of drug-likeness (QED) is 0.831. The van der Waals surface area contributed by atoms with E-state index in [1.54, 1.807) is 0 Å². The molecule has 0 bridgehead atoms. The average molecular weight is 300 g/mol. The van der Waals surface area contributed by atoms with Gasteiger partial charge in [-0.25, -0.2) is 13.6 Å². The zero-order valence-electron chi connectivity index (χ0n) is 11.7. The third-order valence-corrected chi connectivity index (χ3v) is 4.56. The zero-order valence-corrected chi connectivity index (χ0v) is 12.5. The van der Waals surface area contributed by atoms with Crippen molar-refractivity contribution in [2.45, 2.75) is 50.5 Å². The smallest absolute Gasteiger partial charge is 0.287 e. The molecule has 1 aliphatic carbocycles.